The molecule has 21 heavy (non-hydrogen) atoms. The lowest BCUT2D eigenvalue weighted by molar-refractivity contribution is -0.385. The normalized spacial score (nSPS) is 14.2. The number of benzene rings is 1. The van der Waals surface area contributed by atoms with Crippen molar-refractivity contribution in [3.05, 3.63) is 33.4 Å². The molecule has 0 aliphatic rings. The largest absolute Gasteiger partial charge is 0.273 e. The molecule has 1 aromatic carbocycles. The summed E-state index contributed by atoms with van der Waals surface area (Å²) in [6.45, 7) is 6.29. The Morgan fingerprint density at radius 1 is 1.43 bits per heavy atom. The Hall–Kier alpha value is -1.98. The van der Waals surface area contributed by atoms with Gasteiger partial charge in [-0.3, -0.25) is 10.1 Å². The van der Waals surface area contributed by atoms with Crippen molar-refractivity contribution in [3.8, 4) is 6.07 Å². The van der Waals surface area contributed by atoms with E-state index in [0.29, 0.717) is 11.1 Å². The van der Waals surface area contributed by atoms with Crippen LogP contribution in [0.25, 0.3) is 0 Å². The first-order chi connectivity index (χ1) is 9.56. The fraction of sp³-hybridized carbons (Fsp3) is 0.462. The maximum absolute atomic E-state index is 12.3. The molecule has 1 atom stereocenters. The van der Waals surface area contributed by atoms with Crippen LogP contribution in [0.4, 0.5) is 5.69 Å². The molecule has 1 aromatic rings. The quantitative estimate of drug-likeness (QED) is 0.661. The van der Waals surface area contributed by atoms with E-state index in [0.717, 1.165) is 6.07 Å². The standard InChI is InChI=1S/C13H17N3O4S/c1-5-13(4,8-14)15-21(19,20)11-6-9(2)10(3)12(7-11)16(17)18/h6-7,15H,5H2,1-4H3. The molecular weight excluding hydrogens is 294 g/mol. The van der Waals surface area contributed by atoms with Crippen LogP contribution in [-0.4, -0.2) is 18.9 Å². The van der Waals surface area contributed by atoms with E-state index < -0.39 is 20.5 Å². The molecule has 0 aliphatic heterocycles. The van der Waals surface area contributed by atoms with Crippen molar-refractivity contribution in [2.45, 2.75) is 44.6 Å². The molecule has 0 spiro atoms. The van der Waals surface area contributed by atoms with Gasteiger partial charge in [0.2, 0.25) is 10.0 Å². The Morgan fingerprint density at radius 2 is 2.00 bits per heavy atom. The molecule has 0 bridgehead atoms. The Balaban J connectivity index is 3.41. The molecule has 0 saturated heterocycles. The molecule has 0 saturated carbocycles. The maximum atomic E-state index is 12.3. The summed E-state index contributed by atoms with van der Waals surface area (Å²) in [5, 5.41) is 20.0. The van der Waals surface area contributed by atoms with Gasteiger partial charge in [0.1, 0.15) is 5.54 Å². The van der Waals surface area contributed by atoms with E-state index in [4.69, 9.17) is 5.26 Å². The number of nitrogens with zero attached hydrogens (tertiary/aromatic N) is 2. The second-order valence-electron chi connectivity index (χ2n) is 5.04. The van der Waals surface area contributed by atoms with Crippen LogP contribution in [0.2, 0.25) is 0 Å². The first-order valence-corrected chi connectivity index (χ1v) is 7.75. The van der Waals surface area contributed by atoms with Crippen molar-refractivity contribution in [3.63, 3.8) is 0 Å². The van der Waals surface area contributed by atoms with Crippen molar-refractivity contribution < 1.29 is 13.3 Å². The average Bonchev–Trinajstić information content (AvgIpc) is 2.40. The lowest BCUT2D eigenvalue weighted by Gasteiger charge is -2.21. The summed E-state index contributed by atoms with van der Waals surface area (Å²) >= 11 is 0. The van der Waals surface area contributed by atoms with Gasteiger partial charge in [-0.15, -0.1) is 0 Å². The number of hydrogen-bond acceptors (Lipinski definition) is 5. The molecule has 0 fully saturated rings. The van der Waals surface area contributed by atoms with E-state index >= 15 is 0 Å². The third-order valence-corrected chi connectivity index (χ3v) is 5.01. The smallest absolute Gasteiger partial charge is 0.258 e. The van der Waals surface area contributed by atoms with E-state index in [9.17, 15) is 18.5 Å². The van der Waals surface area contributed by atoms with Gasteiger partial charge in [-0.25, -0.2) is 8.42 Å². The van der Waals surface area contributed by atoms with E-state index in [1.54, 1.807) is 20.8 Å². The second-order valence-corrected chi connectivity index (χ2v) is 6.73. The summed E-state index contributed by atoms with van der Waals surface area (Å²) in [6.07, 6.45) is 0.273. The van der Waals surface area contributed by atoms with E-state index in [-0.39, 0.29) is 17.0 Å². The van der Waals surface area contributed by atoms with Crippen LogP contribution < -0.4 is 4.72 Å². The molecule has 0 aliphatic carbocycles. The first kappa shape index (κ1) is 17.1. The lowest BCUT2D eigenvalue weighted by atomic mass is 10.0. The molecule has 0 amide bonds. The number of nitro benzene ring substituents is 1. The zero-order valence-electron chi connectivity index (χ0n) is 12.3. The van der Waals surface area contributed by atoms with Gasteiger partial charge in [-0.1, -0.05) is 6.92 Å². The highest BCUT2D eigenvalue weighted by molar-refractivity contribution is 7.89. The minimum Gasteiger partial charge on any atom is -0.258 e. The number of hydrogen-bond donors (Lipinski definition) is 1. The molecule has 7 nitrogen and oxygen atoms in total. The monoisotopic (exact) mass is 311 g/mol. The van der Waals surface area contributed by atoms with Crippen LogP contribution in [0, 0.1) is 35.3 Å². The first-order valence-electron chi connectivity index (χ1n) is 6.27. The van der Waals surface area contributed by atoms with Crippen LogP contribution >= 0.6 is 0 Å². The molecular formula is C13H17N3O4S. The third kappa shape index (κ3) is 3.56. The summed E-state index contributed by atoms with van der Waals surface area (Å²) in [6, 6.07) is 4.26. The fourth-order valence-corrected chi connectivity index (χ4v) is 3.18. The van der Waals surface area contributed by atoms with Gasteiger partial charge in [-0.05, 0) is 38.8 Å². The highest BCUT2D eigenvalue weighted by atomic mass is 32.2. The van der Waals surface area contributed by atoms with Crippen molar-refractivity contribution in [1.82, 2.24) is 4.72 Å². The maximum Gasteiger partial charge on any atom is 0.273 e. The van der Waals surface area contributed by atoms with Crippen molar-refractivity contribution in [2.24, 2.45) is 0 Å². The Labute approximate surface area is 123 Å². The summed E-state index contributed by atoms with van der Waals surface area (Å²) in [5.74, 6) is 0. The van der Waals surface area contributed by atoms with Gasteiger partial charge < -0.3 is 0 Å². The van der Waals surface area contributed by atoms with E-state index in [1.165, 1.54) is 13.0 Å². The van der Waals surface area contributed by atoms with Crippen LogP contribution in [0.1, 0.15) is 31.4 Å². The van der Waals surface area contributed by atoms with Crippen LogP contribution in [0.3, 0.4) is 0 Å². The van der Waals surface area contributed by atoms with E-state index in [2.05, 4.69) is 4.72 Å². The predicted octanol–water partition coefficient (Wildman–Crippen LogP) is 2.18. The highest BCUT2D eigenvalue weighted by Gasteiger charge is 2.30. The minimum atomic E-state index is -4.01. The van der Waals surface area contributed by atoms with Gasteiger partial charge in [0.05, 0.1) is 15.9 Å². The SMILES string of the molecule is CCC(C)(C#N)NS(=O)(=O)c1cc(C)c(C)c([N+](=O)[O-])c1. The highest BCUT2D eigenvalue weighted by Crippen LogP contribution is 2.26. The number of nitriles is 1. The molecule has 0 radical (unpaired) electrons. The van der Waals surface area contributed by atoms with Crippen LogP contribution in [0.15, 0.2) is 17.0 Å². The summed E-state index contributed by atoms with van der Waals surface area (Å²) in [4.78, 5) is 10.2. The van der Waals surface area contributed by atoms with Gasteiger partial charge in [0.15, 0.2) is 0 Å². The number of aryl methyl sites for hydroxylation is 1. The predicted molar refractivity (Wildman–Crippen MR) is 77.2 cm³/mol. The van der Waals surface area contributed by atoms with Crippen molar-refractivity contribution in [2.75, 3.05) is 0 Å². The van der Waals surface area contributed by atoms with Crippen molar-refractivity contribution >= 4 is 15.7 Å². The molecule has 0 heterocycles. The second kappa shape index (κ2) is 5.79. The third-order valence-electron chi connectivity index (χ3n) is 3.43. The number of nitrogens with one attached hydrogen (secondary N) is 1. The van der Waals surface area contributed by atoms with Crippen molar-refractivity contribution in [1.29, 1.82) is 5.26 Å². The summed E-state index contributed by atoms with van der Waals surface area (Å²) in [7, 11) is -4.01. The number of sulfonamides is 1. The number of nitro groups is 1. The van der Waals surface area contributed by atoms with Gasteiger partial charge >= 0.3 is 0 Å². The summed E-state index contributed by atoms with van der Waals surface area (Å²) < 4.78 is 26.9. The molecule has 1 rings (SSSR count). The Kier molecular flexibility index (Phi) is 4.71. The minimum absolute atomic E-state index is 0.216. The van der Waals surface area contributed by atoms with E-state index in [1.807, 2.05) is 6.07 Å². The molecule has 114 valence electrons. The fourth-order valence-electron chi connectivity index (χ4n) is 1.68. The lowest BCUT2D eigenvalue weighted by Crippen LogP contribution is -2.44. The Bertz CT molecular complexity index is 722. The van der Waals surface area contributed by atoms with Gasteiger partial charge in [0, 0.05) is 11.6 Å². The van der Waals surface area contributed by atoms with Crippen LogP contribution in [0.5, 0.6) is 0 Å². The Morgan fingerprint density at radius 3 is 2.43 bits per heavy atom. The molecule has 8 heteroatoms. The molecule has 1 unspecified atom stereocenters. The number of rotatable bonds is 5. The average molecular weight is 311 g/mol. The molecule has 0 aromatic heterocycles. The van der Waals surface area contributed by atoms with Gasteiger partial charge in [0.25, 0.3) is 5.69 Å². The van der Waals surface area contributed by atoms with Crippen LogP contribution in [-0.2, 0) is 10.0 Å². The van der Waals surface area contributed by atoms with Gasteiger partial charge in [-0.2, -0.15) is 9.98 Å². The summed E-state index contributed by atoms with van der Waals surface area (Å²) in [5.41, 5.74) is -0.602. The molecule has 1 N–H and O–H groups in total. The zero-order valence-corrected chi connectivity index (χ0v) is 13.1. The topological polar surface area (TPSA) is 113 Å². The zero-order chi connectivity index (χ0) is 16.4.